The highest BCUT2D eigenvalue weighted by molar-refractivity contribution is 6.26. The highest BCUT2D eigenvalue weighted by Gasteiger charge is 2.49. The number of aliphatic hydroxyl groups excluding tert-OH is 2. The van der Waals surface area contributed by atoms with Crippen molar-refractivity contribution in [3.63, 3.8) is 0 Å². The Morgan fingerprint density at radius 2 is 1.71 bits per heavy atom. The first kappa shape index (κ1) is 50.2. The Morgan fingerprint density at radius 1 is 0.971 bits per heavy atom. The van der Waals surface area contributed by atoms with Gasteiger partial charge in [-0.1, -0.05) is 52.0 Å². The van der Waals surface area contributed by atoms with Crippen molar-refractivity contribution >= 4 is 62.1 Å². The fraction of sp³-hybridized carbons (Fsp3) is 0.423. The topological polar surface area (TPSA) is 226 Å². The first-order valence-electron chi connectivity index (χ1n) is 22.9. The molecular weight excluding hydrogens is 889 g/mol. The number of Topliss-reactive ketones (excluding diaryl/α,β-unsaturated/α-hetero) is 1. The van der Waals surface area contributed by atoms with E-state index in [1.807, 2.05) is 32.3 Å². The Hall–Kier alpha value is -6.66. The van der Waals surface area contributed by atoms with Gasteiger partial charge in [-0.2, -0.15) is 0 Å². The monoisotopic (exact) mass is 949 g/mol. The highest BCUT2D eigenvalue weighted by Crippen LogP contribution is 2.48. The molecule has 5 aromatic rings. The van der Waals surface area contributed by atoms with Crippen LogP contribution in [0.4, 0.5) is 11.5 Å². The number of carbonyl (C=O) groups excluding carboxylic acids is 3. The Morgan fingerprint density at radius 3 is 2.39 bits per heavy atom. The largest absolute Gasteiger partial charge is 0.505 e. The molecule has 0 fully saturated rings. The van der Waals surface area contributed by atoms with Crippen LogP contribution in [0.5, 0.6) is 17.2 Å². The molecule has 366 valence electrons. The summed E-state index contributed by atoms with van der Waals surface area (Å²) < 4.78 is 37.1. The van der Waals surface area contributed by atoms with Crippen molar-refractivity contribution in [2.24, 2.45) is 23.7 Å². The molecule has 69 heavy (non-hydrogen) atoms. The van der Waals surface area contributed by atoms with E-state index in [4.69, 9.17) is 33.1 Å². The summed E-state index contributed by atoms with van der Waals surface area (Å²) in [6, 6.07) is 10.7. The molecule has 7 rings (SSSR count). The maximum atomic E-state index is 14.8. The van der Waals surface area contributed by atoms with Crippen LogP contribution < -0.4 is 24.7 Å². The molecule has 17 heteroatoms. The summed E-state index contributed by atoms with van der Waals surface area (Å²) in [7, 11) is 5.48. The number of quaternary nitrogens is 1. The van der Waals surface area contributed by atoms with Gasteiger partial charge in [-0.15, -0.1) is 0 Å². The Labute approximate surface area is 399 Å². The quantitative estimate of drug-likeness (QED) is 0.0422. The molecule has 0 spiro atoms. The standard InChI is InChI=1S/C52H60N4O13/c1-26-15-14-16-27(2)51(63)55-42-46(61)39-38(41-49(42)68-36-25-33(18-19-34(36)54-41)65-24-22-56(9,10)37-17-12-13-21-53-37)40-48(31(6)45(39)60)69-52(8,50(40)62)66-23-20-35(64-11)28(3)47(67-32(7)57)30(5)44(59)29(4)43(26)58/h12-21,23,25-26,28-30,35,43-44,47,58-59H,22,24H2,1-11H3,(H-,54,55,60,61,62,63)/p+1/b15-14+,23-20+,27-16-/t26-,28+,29+,30+,35-,43-,44+,47+,52-/m0/s1. The van der Waals surface area contributed by atoms with Gasteiger partial charge in [0.15, 0.2) is 22.3 Å². The molecule has 0 saturated heterocycles. The molecule has 0 saturated carbocycles. The number of nitrogens with zero attached hydrogens (tertiary/aromatic N) is 3. The molecule has 4 heterocycles. The zero-order chi connectivity index (χ0) is 50.3. The van der Waals surface area contributed by atoms with Crippen molar-refractivity contribution in [2.75, 3.05) is 39.7 Å². The van der Waals surface area contributed by atoms with E-state index in [1.165, 1.54) is 53.2 Å². The van der Waals surface area contributed by atoms with Crippen LogP contribution in [0, 0.1) is 30.6 Å². The van der Waals surface area contributed by atoms with Gasteiger partial charge in [-0.3, -0.25) is 23.7 Å². The summed E-state index contributed by atoms with van der Waals surface area (Å²) in [6.07, 6.45) is 5.30. The number of phenolic OH excluding ortho intramolecular Hbond substituents is 1. The Bertz CT molecular complexity index is 2960. The maximum Gasteiger partial charge on any atom is 0.312 e. The third-order valence-electron chi connectivity index (χ3n) is 13.5. The minimum Gasteiger partial charge on any atom is -0.505 e. The number of ketones is 1. The van der Waals surface area contributed by atoms with Gasteiger partial charge in [0.1, 0.15) is 47.5 Å². The number of allylic oxidation sites excluding steroid dienone is 2. The van der Waals surface area contributed by atoms with Crippen LogP contribution in [0.15, 0.2) is 87.9 Å². The van der Waals surface area contributed by atoms with Crippen LogP contribution in [0.1, 0.15) is 64.4 Å². The average Bonchev–Trinajstić information content (AvgIpc) is 3.59. The van der Waals surface area contributed by atoms with Crippen molar-refractivity contribution in [2.45, 2.75) is 85.6 Å². The lowest BCUT2D eigenvalue weighted by atomic mass is 9.78. The molecule has 0 unspecified atom stereocenters. The summed E-state index contributed by atoms with van der Waals surface area (Å²) in [5.41, 5.74) is -0.639. The zero-order valence-electron chi connectivity index (χ0n) is 40.7. The molecule has 0 radical (unpaired) electrons. The normalized spacial score (nSPS) is 27.6. The lowest BCUT2D eigenvalue weighted by Gasteiger charge is -2.38. The van der Waals surface area contributed by atoms with Gasteiger partial charge in [0.25, 0.3) is 11.7 Å². The van der Waals surface area contributed by atoms with Gasteiger partial charge in [0, 0.05) is 79.5 Å². The van der Waals surface area contributed by atoms with E-state index in [-0.39, 0.29) is 55.6 Å². The Kier molecular flexibility index (Phi) is 14.4. The molecule has 1 amide bonds. The molecule has 2 aromatic heterocycles. The summed E-state index contributed by atoms with van der Waals surface area (Å²) in [6.45, 7) is 13.4. The van der Waals surface area contributed by atoms with Crippen LogP contribution in [0.2, 0.25) is 0 Å². The molecule has 9 atom stereocenters. The summed E-state index contributed by atoms with van der Waals surface area (Å²) in [4.78, 5) is 65.1. The van der Waals surface area contributed by atoms with Crippen LogP contribution in [0.3, 0.4) is 0 Å². The number of fused-ring (bicyclic) bond motifs is 2. The van der Waals surface area contributed by atoms with Crippen molar-refractivity contribution in [3.8, 4) is 17.2 Å². The first-order valence-corrected chi connectivity index (χ1v) is 22.9. The number of phenols is 1. The van der Waals surface area contributed by atoms with E-state index in [0.717, 1.165) is 5.82 Å². The molecule has 3 aromatic carbocycles. The first-order chi connectivity index (χ1) is 32.6. The number of carbonyl (C=O) groups is 3. The molecule has 2 aliphatic heterocycles. The number of hydrogen-bond acceptors (Lipinski definition) is 15. The van der Waals surface area contributed by atoms with E-state index in [0.29, 0.717) is 28.9 Å². The van der Waals surface area contributed by atoms with Gasteiger partial charge < -0.3 is 48.7 Å². The number of methoxy groups -OCH3 is 1. The van der Waals surface area contributed by atoms with Crippen molar-refractivity contribution in [1.29, 1.82) is 0 Å². The fourth-order valence-electron chi connectivity index (χ4n) is 9.09. The van der Waals surface area contributed by atoms with Gasteiger partial charge in [0.2, 0.25) is 5.82 Å². The second-order valence-corrected chi connectivity index (χ2v) is 18.8. The van der Waals surface area contributed by atoms with Gasteiger partial charge >= 0.3 is 11.8 Å². The number of aliphatic hydroxyl groups is 2. The maximum absolute atomic E-state index is 14.8. The summed E-state index contributed by atoms with van der Waals surface area (Å²) in [5, 5.41) is 37.6. The number of nitrogens with one attached hydrogen (secondary N) is 1. The molecule has 4 bridgehead atoms. The predicted octanol–water partition coefficient (Wildman–Crippen LogP) is 7.04. The van der Waals surface area contributed by atoms with Gasteiger partial charge in [-0.05, 0) is 38.1 Å². The highest BCUT2D eigenvalue weighted by atomic mass is 16.7. The van der Waals surface area contributed by atoms with Crippen LogP contribution in [-0.2, 0) is 23.8 Å². The van der Waals surface area contributed by atoms with E-state index >= 15 is 0 Å². The number of pyridine rings is 1. The second kappa shape index (κ2) is 19.7. The van der Waals surface area contributed by atoms with E-state index in [1.54, 1.807) is 64.2 Å². The van der Waals surface area contributed by atoms with Gasteiger partial charge in [-0.25, -0.2) is 9.97 Å². The lowest BCUT2D eigenvalue weighted by Crippen LogP contribution is -2.46. The fourth-order valence-corrected chi connectivity index (χ4v) is 9.09. The number of likely N-dealkylation sites (N-methyl/N-ethyl adjacent to an activating group) is 1. The van der Waals surface area contributed by atoms with Crippen molar-refractivity contribution in [1.82, 2.24) is 14.5 Å². The molecule has 17 nitrogen and oxygen atoms in total. The average molecular weight is 950 g/mol. The van der Waals surface area contributed by atoms with Crippen LogP contribution in [-0.4, -0.2) is 108 Å². The smallest absolute Gasteiger partial charge is 0.312 e. The predicted molar refractivity (Wildman–Crippen MR) is 260 cm³/mol. The number of amides is 1. The number of benzene rings is 3. The van der Waals surface area contributed by atoms with E-state index in [2.05, 4.69) is 10.3 Å². The molecule has 0 aliphatic carbocycles. The van der Waals surface area contributed by atoms with Gasteiger partial charge in [0.05, 0.1) is 49.6 Å². The number of anilines is 1. The molecule has 4 N–H and O–H groups in total. The summed E-state index contributed by atoms with van der Waals surface area (Å²) >= 11 is 0. The Balaban J connectivity index is 1.38. The number of esters is 1. The summed E-state index contributed by atoms with van der Waals surface area (Å²) in [5.74, 6) is -6.06. The zero-order valence-corrected chi connectivity index (χ0v) is 40.7. The second-order valence-electron chi connectivity index (χ2n) is 18.8. The minimum atomic E-state index is -2.06. The van der Waals surface area contributed by atoms with Crippen LogP contribution >= 0.6 is 0 Å². The third kappa shape index (κ3) is 9.68. The third-order valence-corrected chi connectivity index (χ3v) is 13.5. The van der Waals surface area contributed by atoms with Crippen LogP contribution in [0.25, 0.3) is 33.0 Å². The number of hydrogen-bond donors (Lipinski definition) is 4. The number of aromatic nitrogens is 2. The SMILES string of the molecule is CO[C@H]1/C=C/O[C@@]2(C)Oc3c(C)c(=O)c4c(O)c(c5oc6cc(OCC[N+](C)(C)c7ccccn7)ccc6nc5c4c3C2=O)NC(=O)/C(C)=C\C=C\[C@H](C)[C@H](O)[C@@H](C)[C@@H](O)[C@@H](C)[C@H](OC(C)=O)[C@@H]1C. The molecular formula is C52H61N4O13+. The van der Waals surface area contributed by atoms with E-state index < -0.39 is 82.7 Å². The van der Waals surface area contributed by atoms with Crippen molar-refractivity contribution < 1.29 is 57.8 Å². The molecule has 2 aliphatic rings. The minimum absolute atomic E-state index is 0.0177. The number of aromatic hydroxyl groups is 1. The van der Waals surface area contributed by atoms with E-state index in [9.17, 15) is 34.5 Å². The lowest BCUT2D eigenvalue weighted by molar-refractivity contribution is -0.160. The number of ether oxygens (including phenoxy) is 5. The van der Waals surface area contributed by atoms with Crippen molar-refractivity contribution in [3.05, 3.63) is 100 Å². The number of rotatable bonds is 7.